The summed E-state index contributed by atoms with van der Waals surface area (Å²) in [6.45, 7) is 1.20. The van der Waals surface area contributed by atoms with Crippen LogP contribution in [0.25, 0.3) is 0 Å². The molecule has 0 heterocycles. The molecule has 70 valence electrons. The van der Waals surface area contributed by atoms with Crippen LogP contribution in [0.15, 0.2) is 0 Å². The number of hydrogen-bond donors (Lipinski definition) is 3. The van der Waals surface area contributed by atoms with E-state index >= 15 is 0 Å². The van der Waals surface area contributed by atoms with Crippen LogP contribution < -0.4 is 10.4 Å². The summed E-state index contributed by atoms with van der Waals surface area (Å²) < 4.78 is 14.1. The Bertz CT molecular complexity index is 184. The Hall–Kier alpha value is -0.590. The van der Waals surface area contributed by atoms with Gasteiger partial charge in [0.05, 0.1) is 0 Å². The van der Waals surface area contributed by atoms with Crippen LogP contribution in [-0.4, -0.2) is 28.4 Å². The Labute approximate surface area is 68.9 Å². The minimum absolute atomic E-state index is 1.16. The van der Waals surface area contributed by atoms with Crippen LogP contribution in [0.4, 0.5) is 0 Å². The molecule has 12 heavy (non-hydrogen) atoms. The third-order valence-corrected chi connectivity index (χ3v) is 1.63. The second-order valence-electron chi connectivity index (χ2n) is 1.98. The molecule has 7 nitrogen and oxygen atoms in total. The van der Waals surface area contributed by atoms with E-state index in [2.05, 4.69) is 4.52 Å². The first kappa shape index (κ1) is 11.4. The van der Waals surface area contributed by atoms with E-state index in [0.717, 1.165) is 0 Å². The van der Waals surface area contributed by atoms with Crippen LogP contribution in [0.5, 0.6) is 0 Å². The molecule has 0 amide bonds. The standard InChI is InChI=1S/C4H8NO6P/c1-2(11-12(9)10)3(5-8)4(6)7/h2-3,5,8H,1H3,(H,6,7)/t2-,3+/m1/s1. The molecule has 0 radical (unpaired) electrons. The van der Waals surface area contributed by atoms with Crippen molar-refractivity contribution in [3.05, 3.63) is 0 Å². The molecular formula is C4H8NO6P. The highest BCUT2D eigenvalue weighted by Gasteiger charge is 2.28. The van der Waals surface area contributed by atoms with Crippen LogP contribution in [-0.2, 0) is 13.9 Å². The maximum atomic E-state index is 10.3. The van der Waals surface area contributed by atoms with Crippen molar-refractivity contribution in [2.75, 3.05) is 0 Å². The number of carboxylic acids is 1. The number of carbonyl (C=O) groups is 1. The third-order valence-electron chi connectivity index (χ3n) is 1.13. The van der Waals surface area contributed by atoms with Gasteiger partial charge in [-0.15, -0.1) is 4.52 Å². The number of hydrogen-bond acceptors (Lipinski definition) is 6. The number of carboxylic acid groups (broad SMARTS) is 1. The average Bonchev–Trinajstić information content (AvgIpc) is 1.85. The molecule has 0 aliphatic heterocycles. The highest BCUT2D eigenvalue weighted by atomic mass is 31.1. The Morgan fingerprint density at radius 2 is 2.25 bits per heavy atom. The van der Waals surface area contributed by atoms with Crippen LogP contribution >= 0.6 is 8.25 Å². The molecule has 0 rings (SSSR count). The summed E-state index contributed by atoms with van der Waals surface area (Å²) in [5.74, 6) is -1.40. The van der Waals surface area contributed by atoms with Crippen molar-refractivity contribution in [2.45, 2.75) is 19.1 Å². The smallest absolute Gasteiger partial charge is 0.488 e. The molecule has 3 atom stereocenters. The molecule has 0 aromatic rings. The minimum Gasteiger partial charge on any atom is -0.566 e. The molecule has 0 aliphatic rings. The quantitative estimate of drug-likeness (QED) is 0.375. The van der Waals surface area contributed by atoms with Gasteiger partial charge in [0.15, 0.2) is 6.04 Å². The van der Waals surface area contributed by atoms with Crippen molar-refractivity contribution in [1.29, 1.82) is 0 Å². The Morgan fingerprint density at radius 1 is 1.75 bits per heavy atom. The molecular weight excluding hydrogens is 189 g/mol. The fraction of sp³-hybridized carbons (Fsp3) is 0.750. The van der Waals surface area contributed by atoms with E-state index in [9.17, 15) is 14.3 Å². The zero-order valence-corrected chi connectivity index (χ0v) is 7.02. The van der Waals surface area contributed by atoms with Gasteiger partial charge in [-0.25, -0.2) is 0 Å². The summed E-state index contributed by atoms with van der Waals surface area (Å²) in [5.41, 5.74) is 1.41. The van der Waals surface area contributed by atoms with Gasteiger partial charge in [-0.2, -0.15) is 5.48 Å². The van der Waals surface area contributed by atoms with Gasteiger partial charge in [0, 0.05) is 0 Å². The van der Waals surface area contributed by atoms with E-state index in [1.807, 2.05) is 0 Å². The predicted octanol–water partition coefficient (Wildman–Crippen LogP) is -1.16. The number of hydroxylamine groups is 1. The molecule has 0 aromatic heterocycles. The van der Waals surface area contributed by atoms with Gasteiger partial charge >= 0.3 is 14.2 Å². The first-order valence-corrected chi connectivity index (χ1v) is 4.02. The van der Waals surface area contributed by atoms with E-state index in [1.165, 1.54) is 12.4 Å². The molecule has 0 saturated carbocycles. The topological polar surface area (TPSA) is 119 Å². The predicted molar refractivity (Wildman–Crippen MR) is 34.5 cm³/mol. The van der Waals surface area contributed by atoms with Gasteiger partial charge < -0.3 is 15.2 Å². The zero-order chi connectivity index (χ0) is 9.72. The molecule has 8 heteroatoms. The lowest BCUT2D eigenvalue weighted by atomic mass is 10.2. The fourth-order valence-electron chi connectivity index (χ4n) is 0.558. The van der Waals surface area contributed by atoms with Crippen molar-refractivity contribution < 1.29 is 29.1 Å². The second-order valence-corrected chi connectivity index (χ2v) is 2.64. The minimum atomic E-state index is -3.12. The highest BCUT2D eigenvalue weighted by Crippen LogP contribution is 2.15. The number of nitrogens with one attached hydrogen (secondary N) is 1. The Balaban J connectivity index is 4.11. The molecule has 0 aliphatic carbocycles. The van der Waals surface area contributed by atoms with Crippen molar-refractivity contribution in [1.82, 2.24) is 5.48 Å². The lowest BCUT2D eigenvalue weighted by Crippen LogP contribution is -2.43. The van der Waals surface area contributed by atoms with Crippen LogP contribution in [0.2, 0.25) is 0 Å². The maximum Gasteiger partial charge on any atom is 0.488 e. The molecule has 0 bridgehead atoms. The van der Waals surface area contributed by atoms with Crippen molar-refractivity contribution in [3.8, 4) is 0 Å². The van der Waals surface area contributed by atoms with Crippen molar-refractivity contribution in [2.24, 2.45) is 0 Å². The van der Waals surface area contributed by atoms with E-state index in [1.54, 1.807) is 0 Å². The molecule has 0 saturated heterocycles. The molecule has 0 spiro atoms. The first-order chi connectivity index (χ1) is 5.49. The van der Waals surface area contributed by atoms with Gasteiger partial charge in [0.1, 0.15) is 6.10 Å². The maximum absolute atomic E-state index is 10.3. The van der Waals surface area contributed by atoms with Crippen LogP contribution in [0.1, 0.15) is 6.92 Å². The van der Waals surface area contributed by atoms with Gasteiger partial charge in [0.2, 0.25) is 0 Å². The van der Waals surface area contributed by atoms with Gasteiger partial charge in [0.25, 0.3) is 0 Å². The third kappa shape index (κ3) is 3.70. The van der Waals surface area contributed by atoms with Crippen molar-refractivity contribution >= 4 is 14.2 Å². The highest BCUT2D eigenvalue weighted by molar-refractivity contribution is 7.30. The number of rotatable bonds is 5. The Morgan fingerprint density at radius 3 is 2.50 bits per heavy atom. The fourth-order valence-corrected chi connectivity index (χ4v) is 0.951. The SMILES string of the molecule is C[C@@H](O[P+](=O)[O-])[C@H](NO)C(=O)O. The van der Waals surface area contributed by atoms with E-state index in [-0.39, 0.29) is 0 Å². The zero-order valence-electron chi connectivity index (χ0n) is 6.13. The Kier molecular flexibility index (Phi) is 4.87. The molecule has 3 N–H and O–H groups in total. The summed E-state index contributed by atoms with van der Waals surface area (Å²) in [4.78, 5) is 20.2. The summed E-state index contributed by atoms with van der Waals surface area (Å²) in [6.07, 6.45) is -1.16. The van der Waals surface area contributed by atoms with Crippen LogP contribution in [0.3, 0.4) is 0 Å². The van der Waals surface area contributed by atoms with Gasteiger partial charge in [-0.05, 0) is 11.5 Å². The summed E-state index contributed by atoms with van der Waals surface area (Å²) in [7, 11) is -3.12. The lowest BCUT2D eigenvalue weighted by molar-refractivity contribution is -0.190. The average molecular weight is 197 g/mol. The molecule has 1 unspecified atom stereocenters. The van der Waals surface area contributed by atoms with E-state index in [0.29, 0.717) is 0 Å². The normalized spacial score (nSPS) is 16.8. The second kappa shape index (κ2) is 5.13. The largest absolute Gasteiger partial charge is 0.566 e. The summed E-state index contributed by atoms with van der Waals surface area (Å²) in [5, 5.41) is 16.6. The first-order valence-electron chi connectivity index (χ1n) is 2.92. The van der Waals surface area contributed by atoms with Gasteiger partial charge in [-0.1, -0.05) is 0 Å². The lowest BCUT2D eigenvalue weighted by Gasteiger charge is -2.12. The monoisotopic (exact) mass is 197 g/mol. The van der Waals surface area contributed by atoms with E-state index < -0.39 is 26.4 Å². The van der Waals surface area contributed by atoms with Gasteiger partial charge in [-0.3, -0.25) is 4.79 Å². The van der Waals surface area contributed by atoms with E-state index in [4.69, 9.17) is 10.3 Å². The molecule has 0 aromatic carbocycles. The van der Waals surface area contributed by atoms with Crippen LogP contribution in [0, 0.1) is 0 Å². The summed E-state index contributed by atoms with van der Waals surface area (Å²) >= 11 is 0. The van der Waals surface area contributed by atoms with Crippen molar-refractivity contribution in [3.63, 3.8) is 0 Å². The number of aliphatic carboxylic acids is 1. The summed E-state index contributed by atoms with van der Waals surface area (Å²) in [6, 6.07) is -1.46. The molecule has 0 fully saturated rings.